The van der Waals surface area contributed by atoms with E-state index in [1.54, 1.807) is 18.2 Å². The molecule has 2 fully saturated rings. The Labute approximate surface area is 291 Å². The third-order valence-electron chi connectivity index (χ3n) is 9.09. The van der Waals surface area contributed by atoms with Crippen molar-refractivity contribution >= 4 is 44.8 Å². The van der Waals surface area contributed by atoms with Gasteiger partial charge in [-0.25, -0.2) is 13.1 Å². The molecule has 0 aliphatic carbocycles. The monoisotopic (exact) mass is 719 g/mol. The van der Waals surface area contributed by atoms with E-state index in [2.05, 4.69) is 15.4 Å². The summed E-state index contributed by atoms with van der Waals surface area (Å²) in [7, 11) is -3.20. The molecule has 46 heavy (non-hydrogen) atoms. The maximum Gasteiger partial charge on any atom is 0.208 e. The van der Waals surface area contributed by atoms with E-state index in [9.17, 15) is 18.6 Å². The van der Waals surface area contributed by atoms with Crippen molar-refractivity contribution in [3.05, 3.63) is 68.7 Å². The maximum atomic E-state index is 11.5. The van der Waals surface area contributed by atoms with Gasteiger partial charge in [-0.1, -0.05) is 59.1 Å². The van der Waals surface area contributed by atoms with Crippen LogP contribution < -0.4 is 15.4 Å². The minimum Gasteiger partial charge on any atom is -0.385 e. The molecule has 2 aromatic carbocycles. The lowest BCUT2D eigenvalue weighted by molar-refractivity contribution is -0.0435. The van der Waals surface area contributed by atoms with Crippen LogP contribution in [-0.2, 0) is 26.0 Å². The predicted octanol–water partition coefficient (Wildman–Crippen LogP) is 6.24. The minimum atomic E-state index is -3.20. The van der Waals surface area contributed by atoms with Crippen molar-refractivity contribution in [2.24, 2.45) is 11.8 Å². The molecule has 0 bridgehead atoms. The number of rotatable bonds is 15. The Morgan fingerprint density at radius 2 is 1.54 bits per heavy atom. The number of unbranched alkanes of at least 4 members (excludes halogenated alkanes) is 1. The van der Waals surface area contributed by atoms with Crippen molar-refractivity contribution in [2.75, 3.05) is 52.2 Å². The molecular formula is C34H52Cl3N3O5S. The molecule has 0 spiro atoms. The summed E-state index contributed by atoms with van der Waals surface area (Å²) in [6, 6.07) is 12.9. The van der Waals surface area contributed by atoms with E-state index in [1.165, 1.54) is 0 Å². The van der Waals surface area contributed by atoms with Gasteiger partial charge in [0.05, 0.1) is 27.5 Å². The third-order valence-corrected chi connectivity index (χ3v) is 10.9. The Balaban J connectivity index is 0.000000250. The van der Waals surface area contributed by atoms with Crippen molar-refractivity contribution in [2.45, 2.75) is 75.9 Å². The Bertz CT molecular complexity index is 1310. The van der Waals surface area contributed by atoms with Gasteiger partial charge in [0.15, 0.2) is 0 Å². The van der Waals surface area contributed by atoms with Gasteiger partial charge in [-0.05, 0) is 102 Å². The third kappa shape index (κ3) is 11.9. The number of halogens is 3. The normalized spacial score (nSPS) is 21.5. The van der Waals surface area contributed by atoms with Gasteiger partial charge in [0, 0.05) is 55.3 Å². The van der Waals surface area contributed by atoms with Gasteiger partial charge in [-0.2, -0.15) is 0 Å². The highest BCUT2D eigenvalue weighted by atomic mass is 35.5. The van der Waals surface area contributed by atoms with Crippen LogP contribution in [0.3, 0.4) is 0 Å². The zero-order valence-electron chi connectivity index (χ0n) is 27.2. The van der Waals surface area contributed by atoms with E-state index in [0.29, 0.717) is 40.9 Å². The topological polar surface area (TPSA) is 120 Å². The molecule has 0 amide bonds. The van der Waals surface area contributed by atoms with E-state index < -0.39 is 21.2 Å². The first-order valence-electron chi connectivity index (χ1n) is 16.5. The number of hydrogen-bond donors (Lipinski definition) is 5. The van der Waals surface area contributed by atoms with Crippen molar-refractivity contribution < 1.29 is 23.4 Å². The number of benzene rings is 2. The molecule has 4 rings (SSSR count). The lowest BCUT2D eigenvalue weighted by atomic mass is 9.74. The molecule has 260 valence electrons. The van der Waals surface area contributed by atoms with Crippen LogP contribution in [0.2, 0.25) is 15.1 Å². The molecule has 4 atom stereocenters. The standard InChI is InChI=1S/C18H27Cl2NO2.C16H25ClN2O3S/c1-2-23-12-4-3-10-18(22,14-7-6-11-21-13-14)15-8-5-9-16(19)17(15)20;1-23(21,22)19-10-4-8-16(20,14-6-3-9-18-12-14)13-5-2-7-15(17)11-13/h5,8-9,14,21-22H,2-4,6-7,10-13H2,1H3;2,5,7,11,14,18-20H,3-4,6,8-10,12H2,1H3/t14?,18-;/m0./s1. The van der Waals surface area contributed by atoms with E-state index in [-0.39, 0.29) is 11.8 Å². The second-order valence-corrected chi connectivity index (χ2v) is 15.5. The summed E-state index contributed by atoms with van der Waals surface area (Å²) in [6.45, 7) is 7.33. The molecule has 3 unspecified atom stereocenters. The van der Waals surface area contributed by atoms with Gasteiger partial charge < -0.3 is 25.6 Å². The number of piperidine rings is 2. The second-order valence-electron chi connectivity index (χ2n) is 12.5. The summed E-state index contributed by atoms with van der Waals surface area (Å²) in [5.74, 6) is 0.243. The summed E-state index contributed by atoms with van der Waals surface area (Å²) in [4.78, 5) is 0. The Morgan fingerprint density at radius 3 is 2.13 bits per heavy atom. The van der Waals surface area contributed by atoms with Gasteiger partial charge in [0.25, 0.3) is 0 Å². The van der Waals surface area contributed by atoms with Crippen LogP contribution in [0.25, 0.3) is 0 Å². The molecule has 2 aliphatic heterocycles. The SMILES string of the molecule is CCOCCCC[C@@](O)(c1cccc(Cl)c1Cl)C1CCCNC1.CS(=O)(=O)NCCCC(O)(c1cccc(Cl)c1)C1CCCNC1. The highest BCUT2D eigenvalue weighted by Gasteiger charge is 2.40. The average molecular weight is 721 g/mol. The summed E-state index contributed by atoms with van der Waals surface area (Å²) >= 11 is 18.7. The van der Waals surface area contributed by atoms with Crippen LogP contribution >= 0.6 is 34.8 Å². The Kier molecular flexibility index (Phi) is 16.5. The minimum absolute atomic E-state index is 0.0907. The predicted molar refractivity (Wildman–Crippen MR) is 189 cm³/mol. The first-order chi connectivity index (χ1) is 21.9. The van der Waals surface area contributed by atoms with Gasteiger partial charge in [-0.15, -0.1) is 0 Å². The van der Waals surface area contributed by atoms with Crippen LogP contribution in [0.4, 0.5) is 0 Å². The maximum absolute atomic E-state index is 11.5. The molecule has 12 heteroatoms. The first kappa shape index (κ1) is 39.5. The lowest BCUT2D eigenvalue weighted by Gasteiger charge is -2.40. The molecule has 8 nitrogen and oxygen atoms in total. The highest BCUT2D eigenvalue weighted by Crippen LogP contribution is 2.43. The average Bonchev–Trinajstić information content (AvgIpc) is 3.05. The fourth-order valence-corrected chi connectivity index (χ4v) is 7.79. The van der Waals surface area contributed by atoms with E-state index in [0.717, 1.165) is 95.3 Å². The number of sulfonamides is 1. The largest absolute Gasteiger partial charge is 0.385 e. The first-order valence-corrected chi connectivity index (χ1v) is 19.5. The zero-order chi connectivity index (χ0) is 33.6. The van der Waals surface area contributed by atoms with Crippen molar-refractivity contribution in [1.82, 2.24) is 15.4 Å². The van der Waals surface area contributed by atoms with E-state index in [4.69, 9.17) is 39.5 Å². The van der Waals surface area contributed by atoms with Crippen molar-refractivity contribution in [3.63, 3.8) is 0 Å². The number of ether oxygens (including phenoxy) is 1. The van der Waals surface area contributed by atoms with Crippen LogP contribution in [-0.4, -0.2) is 70.8 Å². The number of nitrogens with one attached hydrogen (secondary N) is 3. The molecule has 2 heterocycles. The molecule has 2 aliphatic rings. The number of hydrogen-bond acceptors (Lipinski definition) is 7. The molecule has 0 aromatic heterocycles. The Hall–Kier alpha value is -0.980. The smallest absolute Gasteiger partial charge is 0.208 e. The summed E-state index contributed by atoms with van der Waals surface area (Å²) in [5, 5.41) is 31.2. The molecule has 2 aromatic rings. The van der Waals surface area contributed by atoms with Gasteiger partial charge in [0.1, 0.15) is 0 Å². The molecule has 5 N–H and O–H groups in total. The van der Waals surface area contributed by atoms with E-state index in [1.807, 2.05) is 31.2 Å². The van der Waals surface area contributed by atoms with Crippen molar-refractivity contribution in [3.8, 4) is 0 Å². The van der Waals surface area contributed by atoms with Gasteiger partial charge in [-0.3, -0.25) is 0 Å². The van der Waals surface area contributed by atoms with Crippen LogP contribution in [0.1, 0.15) is 75.8 Å². The number of aliphatic hydroxyl groups is 2. The summed E-state index contributed by atoms with van der Waals surface area (Å²) < 4.78 is 30.2. The van der Waals surface area contributed by atoms with Gasteiger partial charge >= 0.3 is 0 Å². The molecular weight excluding hydrogens is 669 g/mol. The highest BCUT2D eigenvalue weighted by molar-refractivity contribution is 7.88. The zero-order valence-corrected chi connectivity index (χ0v) is 30.3. The van der Waals surface area contributed by atoms with Crippen LogP contribution in [0.5, 0.6) is 0 Å². The molecule has 2 saturated heterocycles. The molecule has 0 saturated carbocycles. The summed E-state index contributed by atoms with van der Waals surface area (Å²) in [5.41, 5.74) is -0.381. The quantitative estimate of drug-likeness (QED) is 0.138. The van der Waals surface area contributed by atoms with Crippen LogP contribution in [0.15, 0.2) is 42.5 Å². The van der Waals surface area contributed by atoms with E-state index >= 15 is 0 Å². The van der Waals surface area contributed by atoms with Gasteiger partial charge in [0.2, 0.25) is 10.0 Å². The lowest BCUT2D eigenvalue weighted by Crippen LogP contribution is -2.44. The second kappa shape index (κ2) is 19.3. The Morgan fingerprint density at radius 1 is 0.913 bits per heavy atom. The van der Waals surface area contributed by atoms with Crippen molar-refractivity contribution in [1.29, 1.82) is 0 Å². The fourth-order valence-electron chi connectivity index (χ4n) is 6.62. The molecule has 0 radical (unpaired) electrons. The fraction of sp³-hybridized carbons (Fsp3) is 0.647. The van der Waals surface area contributed by atoms with Crippen LogP contribution in [0, 0.1) is 11.8 Å². The summed E-state index contributed by atoms with van der Waals surface area (Å²) in [6.07, 6.45) is 8.74.